The molecule has 0 spiro atoms. The third-order valence-corrected chi connectivity index (χ3v) is 6.93. The Morgan fingerprint density at radius 1 is 1.13 bits per heavy atom. The summed E-state index contributed by atoms with van der Waals surface area (Å²) < 4.78 is 39.8. The zero-order chi connectivity index (χ0) is 16.4. The van der Waals surface area contributed by atoms with Gasteiger partial charge in [-0.15, -0.1) is 0 Å². The maximum absolute atomic E-state index is 13.2. The van der Waals surface area contributed by atoms with Gasteiger partial charge in [0.25, 0.3) is 5.91 Å². The number of halogens is 1. The fraction of sp³-hybridized carbons (Fsp3) is 0.600. The van der Waals surface area contributed by atoms with Gasteiger partial charge in [-0.1, -0.05) is 0 Å². The Bertz CT molecular complexity index is 681. The summed E-state index contributed by atoms with van der Waals surface area (Å²) in [6.07, 6.45) is 5.07. The van der Waals surface area contributed by atoms with E-state index in [1.807, 2.05) is 0 Å². The highest BCUT2D eigenvalue weighted by atomic mass is 32.2. The van der Waals surface area contributed by atoms with Crippen molar-refractivity contribution in [3.63, 3.8) is 0 Å². The standard InChI is InChI=1S/C15H20FN3O3S/c16-13-9-12(10-17-11-13)15(20)18-7-3-14(4-8-18)23(21,22)19-5-1-2-6-19/h9-11,14H,1-8H2. The topological polar surface area (TPSA) is 70.6 Å². The fourth-order valence-electron chi connectivity index (χ4n) is 3.22. The Hall–Kier alpha value is -1.54. The molecule has 0 saturated carbocycles. The van der Waals surface area contributed by atoms with Crippen molar-refractivity contribution < 1.29 is 17.6 Å². The van der Waals surface area contributed by atoms with Gasteiger partial charge in [0.1, 0.15) is 5.82 Å². The van der Waals surface area contributed by atoms with Crippen molar-refractivity contribution in [3.8, 4) is 0 Å². The van der Waals surface area contributed by atoms with Crippen LogP contribution in [0, 0.1) is 5.82 Å². The molecule has 2 fully saturated rings. The van der Waals surface area contributed by atoms with Crippen LogP contribution in [0.1, 0.15) is 36.0 Å². The predicted molar refractivity (Wildman–Crippen MR) is 82.8 cm³/mol. The third kappa shape index (κ3) is 3.37. The van der Waals surface area contributed by atoms with Crippen molar-refractivity contribution in [2.75, 3.05) is 26.2 Å². The van der Waals surface area contributed by atoms with Crippen LogP contribution in [0.15, 0.2) is 18.5 Å². The SMILES string of the molecule is O=C(c1cncc(F)c1)N1CCC(S(=O)(=O)N2CCCC2)CC1. The molecule has 0 N–H and O–H groups in total. The lowest BCUT2D eigenvalue weighted by molar-refractivity contribution is 0.0724. The molecule has 2 aliphatic heterocycles. The summed E-state index contributed by atoms with van der Waals surface area (Å²) in [5, 5.41) is -0.421. The maximum Gasteiger partial charge on any atom is 0.255 e. The number of carbonyl (C=O) groups is 1. The van der Waals surface area contributed by atoms with Crippen molar-refractivity contribution in [3.05, 3.63) is 29.8 Å². The summed E-state index contributed by atoms with van der Waals surface area (Å²) in [7, 11) is -3.26. The Labute approximate surface area is 135 Å². The van der Waals surface area contributed by atoms with Crippen LogP contribution in [-0.2, 0) is 10.0 Å². The van der Waals surface area contributed by atoms with Crippen LogP contribution in [0.25, 0.3) is 0 Å². The Morgan fingerprint density at radius 3 is 2.39 bits per heavy atom. The predicted octanol–water partition coefficient (Wildman–Crippen LogP) is 1.25. The van der Waals surface area contributed by atoms with Gasteiger partial charge in [0.15, 0.2) is 0 Å². The number of carbonyl (C=O) groups excluding carboxylic acids is 1. The highest BCUT2D eigenvalue weighted by molar-refractivity contribution is 7.89. The molecule has 0 atom stereocenters. The van der Waals surface area contributed by atoms with Crippen molar-refractivity contribution in [2.45, 2.75) is 30.9 Å². The second-order valence-corrected chi connectivity index (χ2v) is 8.25. The minimum atomic E-state index is -3.26. The van der Waals surface area contributed by atoms with Crippen LogP contribution < -0.4 is 0 Å². The molecule has 2 aliphatic rings. The van der Waals surface area contributed by atoms with Gasteiger partial charge in [0.05, 0.1) is 17.0 Å². The van der Waals surface area contributed by atoms with Crippen molar-refractivity contribution in [1.29, 1.82) is 0 Å². The first kappa shape index (κ1) is 16.3. The summed E-state index contributed by atoms with van der Waals surface area (Å²) in [6.45, 7) is 1.95. The van der Waals surface area contributed by atoms with Gasteiger partial charge < -0.3 is 4.90 Å². The van der Waals surface area contributed by atoms with E-state index in [-0.39, 0.29) is 11.5 Å². The zero-order valence-electron chi connectivity index (χ0n) is 12.8. The van der Waals surface area contributed by atoms with E-state index in [2.05, 4.69) is 4.98 Å². The lowest BCUT2D eigenvalue weighted by Crippen LogP contribution is -2.46. The van der Waals surface area contributed by atoms with Crippen molar-refractivity contribution in [2.24, 2.45) is 0 Å². The number of rotatable bonds is 3. The van der Waals surface area contributed by atoms with E-state index >= 15 is 0 Å². The number of pyridine rings is 1. The van der Waals surface area contributed by atoms with Gasteiger partial charge >= 0.3 is 0 Å². The number of aromatic nitrogens is 1. The Balaban J connectivity index is 1.63. The van der Waals surface area contributed by atoms with Gasteiger partial charge in [-0.25, -0.2) is 17.1 Å². The minimum Gasteiger partial charge on any atom is -0.339 e. The molecule has 0 aliphatic carbocycles. The molecule has 0 radical (unpaired) electrons. The van der Waals surface area contributed by atoms with Crippen LogP contribution in [0.3, 0.4) is 0 Å². The van der Waals surface area contributed by atoms with Gasteiger partial charge in [-0.2, -0.15) is 0 Å². The molecule has 2 saturated heterocycles. The molecule has 0 aromatic carbocycles. The van der Waals surface area contributed by atoms with E-state index in [4.69, 9.17) is 0 Å². The highest BCUT2D eigenvalue weighted by Gasteiger charge is 2.36. The lowest BCUT2D eigenvalue weighted by atomic mass is 10.1. The first-order valence-electron chi connectivity index (χ1n) is 7.87. The summed E-state index contributed by atoms with van der Waals surface area (Å²) in [5.41, 5.74) is 0.200. The number of hydrogen-bond acceptors (Lipinski definition) is 4. The monoisotopic (exact) mass is 341 g/mol. The van der Waals surface area contributed by atoms with Gasteiger partial charge in [-0.05, 0) is 31.7 Å². The molecule has 6 nitrogen and oxygen atoms in total. The molecule has 23 heavy (non-hydrogen) atoms. The zero-order valence-corrected chi connectivity index (χ0v) is 13.6. The largest absolute Gasteiger partial charge is 0.339 e. The first-order valence-corrected chi connectivity index (χ1v) is 9.37. The number of hydrogen-bond donors (Lipinski definition) is 0. The highest BCUT2D eigenvalue weighted by Crippen LogP contribution is 2.25. The molecule has 0 bridgehead atoms. The third-order valence-electron chi connectivity index (χ3n) is 4.53. The molecule has 1 aromatic rings. The van der Waals surface area contributed by atoms with Crippen LogP contribution >= 0.6 is 0 Å². The summed E-state index contributed by atoms with van der Waals surface area (Å²) in [4.78, 5) is 17.6. The molecular weight excluding hydrogens is 321 g/mol. The Morgan fingerprint density at radius 2 is 1.78 bits per heavy atom. The lowest BCUT2D eigenvalue weighted by Gasteiger charge is -2.33. The smallest absolute Gasteiger partial charge is 0.255 e. The summed E-state index contributed by atoms with van der Waals surface area (Å²) >= 11 is 0. The van der Waals surface area contributed by atoms with E-state index in [9.17, 15) is 17.6 Å². The summed E-state index contributed by atoms with van der Waals surface area (Å²) in [5.74, 6) is -0.851. The minimum absolute atomic E-state index is 0.200. The molecule has 3 rings (SSSR count). The van der Waals surface area contributed by atoms with Crippen LogP contribution in [0.2, 0.25) is 0 Å². The van der Waals surface area contributed by atoms with E-state index in [0.717, 1.165) is 25.1 Å². The maximum atomic E-state index is 13.2. The van der Waals surface area contributed by atoms with Crippen LogP contribution in [0.4, 0.5) is 4.39 Å². The molecule has 126 valence electrons. The molecule has 1 amide bonds. The average molecular weight is 341 g/mol. The van der Waals surface area contributed by atoms with Crippen molar-refractivity contribution in [1.82, 2.24) is 14.2 Å². The van der Waals surface area contributed by atoms with Gasteiger partial charge in [0.2, 0.25) is 10.0 Å². The number of nitrogens with zero attached hydrogens (tertiary/aromatic N) is 3. The first-order chi connectivity index (χ1) is 11.0. The molecule has 8 heteroatoms. The molecule has 1 aromatic heterocycles. The number of likely N-dealkylation sites (tertiary alicyclic amines) is 1. The van der Waals surface area contributed by atoms with Crippen molar-refractivity contribution >= 4 is 15.9 Å². The Kier molecular flexibility index (Phi) is 4.63. The summed E-state index contributed by atoms with van der Waals surface area (Å²) in [6, 6.07) is 1.16. The van der Waals surface area contributed by atoms with E-state index in [1.54, 1.807) is 9.21 Å². The van der Waals surface area contributed by atoms with E-state index in [0.29, 0.717) is 39.0 Å². The normalized spacial score (nSPS) is 20.8. The van der Waals surface area contributed by atoms with Gasteiger partial charge in [-0.3, -0.25) is 9.78 Å². The van der Waals surface area contributed by atoms with Crippen LogP contribution in [-0.4, -0.2) is 59.9 Å². The fourth-order valence-corrected chi connectivity index (χ4v) is 5.22. The average Bonchev–Trinajstić information content (AvgIpc) is 3.09. The van der Waals surface area contributed by atoms with E-state index in [1.165, 1.54) is 6.20 Å². The number of piperidine rings is 1. The second kappa shape index (κ2) is 6.52. The quantitative estimate of drug-likeness (QED) is 0.830. The van der Waals surface area contributed by atoms with Crippen LogP contribution in [0.5, 0.6) is 0 Å². The molecular formula is C15H20FN3O3S. The number of amides is 1. The van der Waals surface area contributed by atoms with Gasteiger partial charge in [0, 0.05) is 32.4 Å². The number of sulfonamides is 1. The van der Waals surface area contributed by atoms with E-state index < -0.39 is 21.1 Å². The molecule has 0 unspecified atom stereocenters. The second-order valence-electron chi connectivity index (χ2n) is 6.03. The molecule has 3 heterocycles.